The van der Waals surface area contributed by atoms with E-state index in [0.717, 1.165) is 11.5 Å². The van der Waals surface area contributed by atoms with Gasteiger partial charge in [0.25, 0.3) is 5.91 Å². The molecule has 20 heavy (non-hydrogen) atoms. The van der Waals surface area contributed by atoms with E-state index in [1.807, 2.05) is 23.5 Å². The molecule has 1 atom stereocenters. The molecule has 1 aromatic rings. The fourth-order valence-corrected chi connectivity index (χ4v) is 4.42. The highest BCUT2D eigenvalue weighted by Crippen LogP contribution is 2.23. The van der Waals surface area contributed by atoms with Gasteiger partial charge < -0.3 is 16.3 Å². The molecule has 5 nitrogen and oxygen atoms in total. The minimum Gasteiger partial charge on any atom is -0.409 e. The van der Waals surface area contributed by atoms with Crippen LogP contribution in [0, 0.1) is 0 Å². The normalized spacial score (nSPS) is 19.6. The number of hydrogen-bond acceptors (Lipinski definition) is 5. The molecule has 1 aliphatic heterocycles. The zero-order chi connectivity index (χ0) is 14.4. The molecule has 0 aliphatic carbocycles. The average molecular weight is 311 g/mol. The molecule has 1 amide bonds. The van der Waals surface area contributed by atoms with E-state index in [0.29, 0.717) is 22.9 Å². The molecule has 7 heteroatoms. The molecule has 0 bridgehead atoms. The van der Waals surface area contributed by atoms with Crippen molar-refractivity contribution >= 4 is 35.3 Å². The lowest BCUT2D eigenvalue weighted by Gasteiger charge is -2.21. The van der Waals surface area contributed by atoms with Gasteiger partial charge in [0.05, 0.1) is 0 Å². The van der Waals surface area contributed by atoms with Crippen molar-refractivity contribution in [1.82, 2.24) is 5.32 Å². The van der Waals surface area contributed by atoms with Crippen LogP contribution in [0.25, 0.3) is 0 Å². The van der Waals surface area contributed by atoms with Crippen LogP contribution < -0.4 is 11.1 Å². The summed E-state index contributed by atoms with van der Waals surface area (Å²) in [5.74, 6) is 3.39. The minimum absolute atomic E-state index is 0.0348. The van der Waals surface area contributed by atoms with E-state index in [-0.39, 0.29) is 11.7 Å². The molecular formula is C13H17N3O2S2. The van der Waals surface area contributed by atoms with Crippen molar-refractivity contribution in [2.45, 2.75) is 5.25 Å². The topological polar surface area (TPSA) is 87.7 Å². The van der Waals surface area contributed by atoms with Crippen molar-refractivity contribution in [3.63, 3.8) is 0 Å². The lowest BCUT2D eigenvalue weighted by atomic mass is 10.1. The summed E-state index contributed by atoms with van der Waals surface area (Å²) in [6.07, 6.45) is 0. The van der Waals surface area contributed by atoms with Crippen LogP contribution in [0.1, 0.15) is 15.9 Å². The summed E-state index contributed by atoms with van der Waals surface area (Å²) in [6.45, 7) is 0.693. The van der Waals surface area contributed by atoms with Crippen LogP contribution in [-0.4, -0.2) is 46.0 Å². The maximum absolute atomic E-state index is 12.0. The minimum atomic E-state index is -0.0905. The molecule has 2 rings (SSSR count). The zero-order valence-corrected chi connectivity index (χ0v) is 12.5. The quantitative estimate of drug-likeness (QED) is 0.338. The number of rotatable bonds is 4. The smallest absolute Gasteiger partial charge is 0.251 e. The SMILES string of the molecule is N/C(=N/O)c1ccc(C(=O)NCC2CSCCS2)cc1. The molecule has 0 radical (unpaired) electrons. The van der Waals surface area contributed by atoms with Crippen LogP contribution in [0.5, 0.6) is 0 Å². The summed E-state index contributed by atoms with van der Waals surface area (Å²) in [7, 11) is 0. The molecule has 1 unspecified atom stereocenters. The number of nitrogens with zero attached hydrogens (tertiary/aromatic N) is 1. The first-order chi connectivity index (χ1) is 9.70. The van der Waals surface area contributed by atoms with Crippen molar-refractivity contribution in [3.8, 4) is 0 Å². The van der Waals surface area contributed by atoms with Gasteiger partial charge in [0, 0.05) is 40.2 Å². The first-order valence-electron chi connectivity index (χ1n) is 6.26. The van der Waals surface area contributed by atoms with Crippen LogP contribution in [-0.2, 0) is 0 Å². The third-order valence-corrected chi connectivity index (χ3v) is 5.77. The number of amides is 1. The second kappa shape index (κ2) is 7.44. The monoisotopic (exact) mass is 311 g/mol. The molecule has 1 aromatic carbocycles. The maximum atomic E-state index is 12.0. The summed E-state index contributed by atoms with van der Waals surface area (Å²) in [4.78, 5) is 12.0. The molecule has 1 aliphatic rings. The number of nitrogens with one attached hydrogen (secondary N) is 1. The molecule has 1 heterocycles. The first kappa shape index (κ1) is 15.1. The van der Waals surface area contributed by atoms with E-state index >= 15 is 0 Å². The summed E-state index contributed by atoms with van der Waals surface area (Å²) < 4.78 is 0. The van der Waals surface area contributed by atoms with Crippen molar-refractivity contribution in [2.75, 3.05) is 23.8 Å². The predicted molar refractivity (Wildman–Crippen MR) is 84.9 cm³/mol. The Hall–Kier alpha value is -1.34. The lowest BCUT2D eigenvalue weighted by Crippen LogP contribution is -2.33. The van der Waals surface area contributed by atoms with Gasteiger partial charge in [-0.2, -0.15) is 23.5 Å². The Labute approximate surface area is 126 Å². The van der Waals surface area contributed by atoms with E-state index in [1.165, 1.54) is 5.75 Å². The Kier molecular flexibility index (Phi) is 5.60. The Balaban J connectivity index is 1.88. The van der Waals surface area contributed by atoms with Gasteiger partial charge in [0.2, 0.25) is 0 Å². The summed E-state index contributed by atoms with van der Waals surface area (Å²) in [6, 6.07) is 6.67. The zero-order valence-electron chi connectivity index (χ0n) is 10.9. The fraction of sp³-hybridized carbons (Fsp3) is 0.385. The van der Waals surface area contributed by atoms with Crippen LogP contribution in [0.2, 0.25) is 0 Å². The Morgan fingerprint density at radius 2 is 2.05 bits per heavy atom. The number of benzene rings is 1. The van der Waals surface area contributed by atoms with Gasteiger partial charge in [-0.1, -0.05) is 17.3 Å². The molecule has 0 saturated carbocycles. The molecule has 1 fully saturated rings. The summed E-state index contributed by atoms with van der Waals surface area (Å²) in [5.41, 5.74) is 6.63. The number of oxime groups is 1. The van der Waals surface area contributed by atoms with E-state index in [4.69, 9.17) is 10.9 Å². The van der Waals surface area contributed by atoms with Gasteiger partial charge in [-0.05, 0) is 12.1 Å². The van der Waals surface area contributed by atoms with Gasteiger partial charge in [0.1, 0.15) is 0 Å². The van der Waals surface area contributed by atoms with Crippen molar-refractivity contribution in [3.05, 3.63) is 35.4 Å². The van der Waals surface area contributed by atoms with Crippen molar-refractivity contribution in [1.29, 1.82) is 0 Å². The first-order valence-corrected chi connectivity index (χ1v) is 8.46. The van der Waals surface area contributed by atoms with Gasteiger partial charge >= 0.3 is 0 Å². The van der Waals surface area contributed by atoms with Crippen LogP contribution in [0.15, 0.2) is 29.4 Å². The lowest BCUT2D eigenvalue weighted by molar-refractivity contribution is 0.0954. The summed E-state index contributed by atoms with van der Waals surface area (Å²) >= 11 is 3.85. The van der Waals surface area contributed by atoms with Crippen molar-refractivity contribution in [2.24, 2.45) is 10.9 Å². The highest BCUT2D eigenvalue weighted by Gasteiger charge is 2.15. The Morgan fingerprint density at radius 3 is 2.65 bits per heavy atom. The Morgan fingerprint density at radius 1 is 1.35 bits per heavy atom. The second-order valence-corrected chi connectivity index (χ2v) is 6.90. The van der Waals surface area contributed by atoms with Gasteiger partial charge in [-0.25, -0.2) is 0 Å². The molecule has 108 valence electrons. The molecule has 4 N–H and O–H groups in total. The van der Waals surface area contributed by atoms with Gasteiger partial charge in [-0.3, -0.25) is 4.79 Å². The Bertz CT molecular complexity index is 485. The second-order valence-electron chi connectivity index (χ2n) is 4.34. The van der Waals surface area contributed by atoms with E-state index in [9.17, 15) is 4.79 Å². The molecular weight excluding hydrogens is 294 g/mol. The number of hydrogen-bond donors (Lipinski definition) is 3. The predicted octanol–water partition coefficient (Wildman–Crippen LogP) is 1.36. The van der Waals surface area contributed by atoms with Crippen LogP contribution >= 0.6 is 23.5 Å². The van der Waals surface area contributed by atoms with Gasteiger partial charge in [-0.15, -0.1) is 0 Å². The number of carbonyl (C=O) groups is 1. The molecule has 1 saturated heterocycles. The van der Waals surface area contributed by atoms with Crippen molar-refractivity contribution < 1.29 is 10.0 Å². The summed E-state index contributed by atoms with van der Waals surface area (Å²) in [5, 5.41) is 14.9. The van der Waals surface area contributed by atoms with Gasteiger partial charge in [0.15, 0.2) is 5.84 Å². The highest BCUT2D eigenvalue weighted by atomic mass is 32.2. The number of amidine groups is 1. The average Bonchev–Trinajstić information content (AvgIpc) is 2.53. The number of nitrogens with two attached hydrogens (primary N) is 1. The standard InChI is InChI=1S/C13H17N3O2S2/c14-12(16-18)9-1-3-10(4-2-9)13(17)15-7-11-8-19-5-6-20-11/h1-4,11,18H,5-8H2,(H2,14,16)(H,15,17). The molecule has 0 aromatic heterocycles. The fourth-order valence-electron chi connectivity index (χ4n) is 1.81. The van der Waals surface area contributed by atoms with Crippen LogP contribution in [0.4, 0.5) is 0 Å². The number of carbonyl (C=O) groups excluding carboxylic acids is 1. The maximum Gasteiger partial charge on any atom is 0.251 e. The van der Waals surface area contributed by atoms with E-state index in [1.54, 1.807) is 24.3 Å². The third-order valence-electron chi connectivity index (χ3n) is 2.93. The van der Waals surface area contributed by atoms with E-state index in [2.05, 4.69) is 10.5 Å². The van der Waals surface area contributed by atoms with E-state index < -0.39 is 0 Å². The molecule has 0 spiro atoms. The third kappa shape index (κ3) is 4.08. The number of thioether (sulfide) groups is 2. The highest BCUT2D eigenvalue weighted by molar-refractivity contribution is 8.06. The van der Waals surface area contributed by atoms with Crippen LogP contribution in [0.3, 0.4) is 0 Å². The largest absolute Gasteiger partial charge is 0.409 e.